The Morgan fingerprint density at radius 1 is 1.69 bits per heavy atom. The minimum atomic E-state index is -0.323. The van der Waals surface area contributed by atoms with Gasteiger partial charge in [0.2, 0.25) is 0 Å². The molecule has 0 bridgehead atoms. The number of hydrogen-bond donors (Lipinski definition) is 0. The zero-order valence-corrected chi connectivity index (χ0v) is 8.64. The Bertz CT molecular complexity index is 295. The van der Waals surface area contributed by atoms with Crippen LogP contribution in [0.4, 0.5) is 4.79 Å². The van der Waals surface area contributed by atoms with Crippen LogP contribution in [0.2, 0.25) is 0 Å². The van der Waals surface area contributed by atoms with Crippen LogP contribution in [0.15, 0.2) is 17.5 Å². The van der Waals surface area contributed by atoms with E-state index in [1.54, 1.807) is 16.2 Å². The van der Waals surface area contributed by atoms with Crippen LogP contribution in [-0.2, 0) is 6.54 Å². The second-order valence-electron chi connectivity index (χ2n) is 3.19. The summed E-state index contributed by atoms with van der Waals surface area (Å²) in [4.78, 5) is 14.0. The molecular weight excluding hydrogens is 206 g/mol. The standard InChI is InChI=1S/C9H10ClNOS/c10-9(12)11(7-3-4-7)6-8-2-1-5-13-8/h1-2,5,7H,3-4,6H2. The Labute approximate surface area is 86.1 Å². The smallest absolute Gasteiger partial charge is 0.316 e. The summed E-state index contributed by atoms with van der Waals surface area (Å²) in [6.07, 6.45) is 2.20. The van der Waals surface area contributed by atoms with Crippen molar-refractivity contribution in [3.05, 3.63) is 22.4 Å². The predicted molar refractivity (Wildman–Crippen MR) is 54.1 cm³/mol. The molecule has 4 heteroatoms. The molecule has 13 heavy (non-hydrogen) atoms. The lowest BCUT2D eigenvalue weighted by Gasteiger charge is -2.17. The Morgan fingerprint density at radius 3 is 2.92 bits per heavy atom. The number of carbonyl (C=O) groups is 1. The highest BCUT2D eigenvalue weighted by atomic mass is 35.5. The van der Waals surface area contributed by atoms with Gasteiger partial charge in [-0.25, -0.2) is 0 Å². The van der Waals surface area contributed by atoms with E-state index in [0.29, 0.717) is 12.6 Å². The van der Waals surface area contributed by atoms with Crippen molar-refractivity contribution in [2.75, 3.05) is 0 Å². The Morgan fingerprint density at radius 2 is 2.46 bits per heavy atom. The van der Waals surface area contributed by atoms with Gasteiger partial charge in [-0.2, -0.15) is 0 Å². The van der Waals surface area contributed by atoms with Crippen LogP contribution < -0.4 is 0 Å². The molecule has 0 aromatic carbocycles. The van der Waals surface area contributed by atoms with Crippen molar-refractivity contribution in [1.82, 2.24) is 4.90 Å². The molecule has 1 heterocycles. The van der Waals surface area contributed by atoms with Gasteiger partial charge in [0.1, 0.15) is 0 Å². The first-order chi connectivity index (χ1) is 6.27. The van der Waals surface area contributed by atoms with Crippen molar-refractivity contribution in [3.8, 4) is 0 Å². The molecule has 0 aliphatic heterocycles. The quantitative estimate of drug-likeness (QED) is 0.561. The van der Waals surface area contributed by atoms with Gasteiger partial charge in [0.25, 0.3) is 0 Å². The van der Waals surface area contributed by atoms with E-state index >= 15 is 0 Å². The third kappa shape index (κ3) is 2.23. The average molecular weight is 216 g/mol. The zero-order chi connectivity index (χ0) is 9.26. The van der Waals surface area contributed by atoms with Crippen molar-refractivity contribution in [2.24, 2.45) is 0 Å². The summed E-state index contributed by atoms with van der Waals surface area (Å²) < 4.78 is 0. The van der Waals surface area contributed by atoms with Gasteiger partial charge in [0, 0.05) is 10.9 Å². The molecule has 1 amide bonds. The van der Waals surface area contributed by atoms with Crippen molar-refractivity contribution < 1.29 is 4.79 Å². The highest BCUT2D eigenvalue weighted by molar-refractivity contribution is 7.09. The number of nitrogens with zero attached hydrogens (tertiary/aromatic N) is 1. The topological polar surface area (TPSA) is 20.3 Å². The van der Waals surface area contributed by atoms with E-state index in [0.717, 1.165) is 12.8 Å². The van der Waals surface area contributed by atoms with Crippen LogP contribution >= 0.6 is 22.9 Å². The average Bonchev–Trinajstić information content (AvgIpc) is 2.79. The van der Waals surface area contributed by atoms with E-state index in [2.05, 4.69) is 0 Å². The lowest BCUT2D eigenvalue weighted by molar-refractivity contribution is 0.217. The number of amides is 1. The van der Waals surface area contributed by atoms with Crippen LogP contribution in [0, 0.1) is 0 Å². The maximum atomic E-state index is 11.0. The molecule has 70 valence electrons. The summed E-state index contributed by atoms with van der Waals surface area (Å²) >= 11 is 7.15. The van der Waals surface area contributed by atoms with Crippen LogP contribution in [-0.4, -0.2) is 16.3 Å². The lowest BCUT2D eigenvalue weighted by atomic mass is 10.4. The van der Waals surface area contributed by atoms with Crippen LogP contribution in [0.5, 0.6) is 0 Å². The number of halogens is 1. The fourth-order valence-corrected chi connectivity index (χ4v) is 2.19. The van der Waals surface area contributed by atoms with Crippen molar-refractivity contribution in [1.29, 1.82) is 0 Å². The normalized spacial score (nSPS) is 15.8. The van der Waals surface area contributed by atoms with Gasteiger partial charge in [0.15, 0.2) is 0 Å². The Kier molecular flexibility index (Phi) is 2.56. The molecule has 0 unspecified atom stereocenters. The van der Waals surface area contributed by atoms with Gasteiger partial charge < -0.3 is 4.90 Å². The first-order valence-electron chi connectivity index (χ1n) is 4.26. The van der Waals surface area contributed by atoms with Crippen LogP contribution in [0.3, 0.4) is 0 Å². The van der Waals surface area contributed by atoms with Crippen molar-refractivity contribution >= 4 is 28.3 Å². The molecule has 0 saturated heterocycles. The van der Waals surface area contributed by atoms with Crippen molar-refractivity contribution in [3.63, 3.8) is 0 Å². The molecular formula is C9H10ClNOS. The van der Waals surface area contributed by atoms with Gasteiger partial charge in [-0.3, -0.25) is 4.79 Å². The third-order valence-electron chi connectivity index (χ3n) is 2.12. The molecule has 0 N–H and O–H groups in total. The molecule has 0 spiro atoms. The summed E-state index contributed by atoms with van der Waals surface area (Å²) in [7, 11) is 0. The van der Waals surface area contributed by atoms with E-state index < -0.39 is 0 Å². The lowest BCUT2D eigenvalue weighted by Crippen LogP contribution is -2.27. The summed E-state index contributed by atoms with van der Waals surface area (Å²) in [5, 5.41) is 1.69. The van der Waals surface area contributed by atoms with E-state index in [9.17, 15) is 4.79 Å². The number of thiophene rings is 1. The van der Waals surface area contributed by atoms with E-state index in [1.165, 1.54) is 4.88 Å². The second kappa shape index (κ2) is 3.68. The first kappa shape index (κ1) is 9.03. The number of rotatable bonds is 3. The Balaban J connectivity index is 2.01. The molecule has 2 nitrogen and oxygen atoms in total. The molecule has 0 radical (unpaired) electrons. The van der Waals surface area contributed by atoms with Crippen LogP contribution in [0.25, 0.3) is 0 Å². The van der Waals surface area contributed by atoms with Crippen LogP contribution in [0.1, 0.15) is 17.7 Å². The van der Waals surface area contributed by atoms with Gasteiger partial charge in [-0.05, 0) is 35.9 Å². The van der Waals surface area contributed by atoms with E-state index in [4.69, 9.17) is 11.6 Å². The van der Waals surface area contributed by atoms with E-state index in [-0.39, 0.29) is 5.37 Å². The fourth-order valence-electron chi connectivity index (χ4n) is 1.29. The summed E-state index contributed by atoms with van der Waals surface area (Å²) in [5.41, 5.74) is 0. The molecule has 0 atom stereocenters. The molecule has 1 aromatic rings. The van der Waals surface area contributed by atoms with Gasteiger partial charge in [-0.15, -0.1) is 11.3 Å². The molecule has 1 fully saturated rings. The Hall–Kier alpha value is -0.540. The molecule has 1 saturated carbocycles. The van der Waals surface area contributed by atoms with Gasteiger partial charge in [0.05, 0.1) is 6.54 Å². The SMILES string of the molecule is O=C(Cl)N(Cc1cccs1)C1CC1. The van der Waals surface area contributed by atoms with E-state index in [1.807, 2.05) is 17.5 Å². The van der Waals surface area contributed by atoms with Crippen molar-refractivity contribution in [2.45, 2.75) is 25.4 Å². The number of hydrogen-bond acceptors (Lipinski definition) is 2. The molecule has 1 aliphatic carbocycles. The summed E-state index contributed by atoms with van der Waals surface area (Å²) in [6, 6.07) is 4.41. The fraction of sp³-hybridized carbons (Fsp3) is 0.444. The predicted octanol–water partition coefficient (Wildman–Crippen LogP) is 3.07. The number of carbonyl (C=O) groups excluding carboxylic acids is 1. The highest BCUT2D eigenvalue weighted by Gasteiger charge is 2.31. The molecule has 1 aromatic heterocycles. The second-order valence-corrected chi connectivity index (χ2v) is 4.55. The highest BCUT2D eigenvalue weighted by Crippen LogP contribution is 2.30. The minimum absolute atomic E-state index is 0.323. The molecule has 1 aliphatic rings. The third-order valence-corrected chi connectivity index (χ3v) is 3.20. The monoisotopic (exact) mass is 215 g/mol. The molecule has 2 rings (SSSR count). The van der Waals surface area contributed by atoms with Gasteiger partial charge >= 0.3 is 5.37 Å². The minimum Gasteiger partial charge on any atom is -0.321 e. The summed E-state index contributed by atoms with van der Waals surface area (Å²) in [6.45, 7) is 0.671. The van der Waals surface area contributed by atoms with Gasteiger partial charge in [-0.1, -0.05) is 6.07 Å². The first-order valence-corrected chi connectivity index (χ1v) is 5.51. The zero-order valence-electron chi connectivity index (χ0n) is 7.07. The largest absolute Gasteiger partial charge is 0.321 e. The maximum absolute atomic E-state index is 11.0. The summed E-state index contributed by atoms with van der Waals surface area (Å²) in [5.74, 6) is 0. The maximum Gasteiger partial charge on any atom is 0.316 e.